The summed E-state index contributed by atoms with van der Waals surface area (Å²) in [5, 5.41) is 3.55. The van der Waals surface area contributed by atoms with E-state index in [-0.39, 0.29) is 5.91 Å². The number of hydrogen-bond donors (Lipinski definition) is 2. The third-order valence-electron chi connectivity index (χ3n) is 4.07. The van der Waals surface area contributed by atoms with Crippen molar-refractivity contribution < 1.29 is 4.79 Å². The maximum atomic E-state index is 12.1. The summed E-state index contributed by atoms with van der Waals surface area (Å²) in [7, 11) is 0. The minimum atomic E-state index is -0.105. The second-order valence-electron chi connectivity index (χ2n) is 5.46. The third kappa shape index (κ3) is 3.63. The highest BCUT2D eigenvalue weighted by Crippen LogP contribution is 2.29. The van der Waals surface area contributed by atoms with E-state index in [1.165, 1.54) is 25.7 Å². The van der Waals surface area contributed by atoms with Gasteiger partial charge in [0.05, 0.1) is 5.56 Å². The first-order valence-corrected chi connectivity index (χ1v) is 7.29. The molecular formula is C15H21ClN2O. The van der Waals surface area contributed by atoms with Crippen LogP contribution in [0.4, 0.5) is 5.69 Å². The van der Waals surface area contributed by atoms with Gasteiger partial charge in [0.2, 0.25) is 0 Å². The molecule has 0 heterocycles. The first-order valence-electron chi connectivity index (χ1n) is 6.91. The summed E-state index contributed by atoms with van der Waals surface area (Å²) >= 11 is 5.83. The number of anilines is 1. The number of nitrogens with one attached hydrogen (secondary N) is 1. The summed E-state index contributed by atoms with van der Waals surface area (Å²) in [6, 6.07) is 4.98. The number of halogens is 1. The molecule has 0 aliphatic heterocycles. The summed E-state index contributed by atoms with van der Waals surface area (Å²) in [4.78, 5) is 12.1. The molecule has 1 amide bonds. The van der Waals surface area contributed by atoms with Gasteiger partial charge in [0.1, 0.15) is 0 Å². The maximum Gasteiger partial charge on any atom is 0.253 e. The average Bonchev–Trinajstić information content (AvgIpc) is 2.37. The van der Waals surface area contributed by atoms with E-state index >= 15 is 0 Å². The normalized spacial score (nSPS) is 23.1. The zero-order valence-corrected chi connectivity index (χ0v) is 12.0. The molecule has 1 saturated carbocycles. The van der Waals surface area contributed by atoms with Gasteiger partial charge in [-0.15, -0.1) is 0 Å². The smallest absolute Gasteiger partial charge is 0.253 e. The summed E-state index contributed by atoms with van der Waals surface area (Å²) in [6.45, 7) is 3.01. The topological polar surface area (TPSA) is 55.1 Å². The Balaban J connectivity index is 1.93. The molecule has 2 rings (SSSR count). The zero-order valence-electron chi connectivity index (χ0n) is 11.3. The Morgan fingerprint density at radius 1 is 1.42 bits per heavy atom. The highest BCUT2D eigenvalue weighted by atomic mass is 35.5. The van der Waals surface area contributed by atoms with Crippen molar-refractivity contribution in [2.75, 3.05) is 12.3 Å². The fourth-order valence-corrected chi connectivity index (χ4v) is 2.94. The van der Waals surface area contributed by atoms with E-state index in [1.807, 2.05) is 0 Å². The highest BCUT2D eigenvalue weighted by molar-refractivity contribution is 6.31. The van der Waals surface area contributed by atoms with E-state index in [1.54, 1.807) is 18.2 Å². The lowest BCUT2D eigenvalue weighted by molar-refractivity contribution is 0.0937. The largest absolute Gasteiger partial charge is 0.398 e. The summed E-state index contributed by atoms with van der Waals surface area (Å²) in [6.07, 6.45) is 5.06. The van der Waals surface area contributed by atoms with Gasteiger partial charge in [-0.25, -0.2) is 0 Å². The lowest BCUT2D eigenvalue weighted by Crippen LogP contribution is -2.33. The van der Waals surface area contributed by atoms with Gasteiger partial charge in [0.15, 0.2) is 0 Å². The number of carbonyl (C=O) groups is 1. The second kappa shape index (κ2) is 6.29. The van der Waals surface area contributed by atoms with Gasteiger partial charge in [-0.1, -0.05) is 37.8 Å². The van der Waals surface area contributed by atoms with E-state index < -0.39 is 0 Å². The van der Waals surface area contributed by atoms with Crippen LogP contribution in [0.25, 0.3) is 0 Å². The van der Waals surface area contributed by atoms with Crippen LogP contribution in [0.2, 0.25) is 5.02 Å². The van der Waals surface area contributed by atoms with Gasteiger partial charge in [-0.2, -0.15) is 0 Å². The van der Waals surface area contributed by atoms with Crippen LogP contribution in [-0.2, 0) is 0 Å². The van der Waals surface area contributed by atoms with Crippen molar-refractivity contribution in [1.29, 1.82) is 0 Å². The summed E-state index contributed by atoms with van der Waals surface area (Å²) < 4.78 is 0. The number of rotatable bonds is 3. The molecule has 19 heavy (non-hydrogen) atoms. The molecular weight excluding hydrogens is 260 g/mol. The molecule has 2 unspecified atom stereocenters. The molecule has 2 atom stereocenters. The fraction of sp³-hybridized carbons (Fsp3) is 0.533. The van der Waals surface area contributed by atoms with Crippen molar-refractivity contribution in [3.8, 4) is 0 Å². The van der Waals surface area contributed by atoms with Crippen LogP contribution in [0.1, 0.15) is 43.0 Å². The molecule has 1 aromatic rings. The Bertz CT molecular complexity index is 461. The summed E-state index contributed by atoms with van der Waals surface area (Å²) in [5.41, 5.74) is 6.75. The van der Waals surface area contributed by atoms with Gasteiger partial charge in [-0.3, -0.25) is 4.79 Å². The van der Waals surface area contributed by atoms with E-state index in [9.17, 15) is 4.79 Å². The van der Waals surface area contributed by atoms with Gasteiger partial charge in [0, 0.05) is 17.3 Å². The Morgan fingerprint density at radius 2 is 2.16 bits per heavy atom. The molecule has 0 aromatic heterocycles. The predicted molar refractivity (Wildman–Crippen MR) is 79.3 cm³/mol. The van der Waals surface area contributed by atoms with Crippen LogP contribution in [0, 0.1) is 11.8 Å². The van der Waals surface area contributed by atoms with Gasteiger partial charge in [0.25, 0.3) is 5.91 Å². The fourth-order valence-electron chi connectivity index (χ4n) is 2.76. The Hall–Kier alpha value is -1.22. The maximum absolute atomic E-state index is 12.1. The van der Waals surface area contributed by atoms with Gasteiger partial charge < -0.3 is 11.1 Å². The number of nitrogen functional groups attached to an aromatic ring is 1. The van der Waals surface area contributed by atoms with Crippen molar-refractivity contribution >= 4 is 23.2 Å². The van der Waals surface area contributed by atoms with Crippen LogP contribution in [0.15, 0.2) is 18.2 Å². The molecule has 0 saturated heterocycles. The number of amides is 1. The van der Waals surface area contributed by atoms with Crippen molar-refractivity contribution in [2.45, 2.75) is 32.6 Å². The van der Waals surface area contributed by atoms with Crippen LogP contribution < -0.4 is 11.1 Å². The predicted octanol–water partition coefficient (Wildman–Crippen LogP) is 3.48. The van der Waals surface area contributed by atoms with Crippen molar-refractivity contribution in [1.82, 2.24) is 5.32 Å². The first-order chi connectivity index (χ1) is 9.08. The van der Waals surface area contributed by atoms with E-state index in [0.29, 0.717) is 28.1 Å². The molecule has 1 aromatic carbocycles. The number of benzene rings is 1. The molecule has 0 bridgehead atoms. The van der Waals surface area contributed by atoms with E-state index in [2.05, 4.69) is 12.2 Å². The standard InChI is InChI=1S/C15H21ClN2O/c1-10-4-2-3-5-11(10)9-18-15(19)13-7-6-12(16)8-14(13)17/h6-8,10-11H,2-5,9,17H2,1H3,(H,18,19). The first kappa shape index (κ1) is 14.2. The van der Waals surface area contributed by atoms with Gasteiger partial charge in [-0.05, 0) is 36.5 Å². The molecule has 0 radical (unpaired) electrons. The average molecular weight is 281 g/mol. The SMILES string of the molecule is CC1CCCCC1CNC(=O)c1ccc(Cl)cc1N. The van der Waals surface area contributed by atoms with Crippen LogP contribution >= 0.6 is 11.6 Å². The van der Waals surface area contributed by atoms with Crippen molar-refractivity contribution in [3.63, 3.8) is 0 Å². The van der Waals surface area contributed by atoms with E-state index in [4.69, 9.17) is 17.3 Å². The van der Waals surface area contributed by atoms with Crippen molar-refractivity contribution in [3.05, 3.63) is 28.8 Å². The van der Waals surface area contributed by atoms with Crippen molar-refractivity contribution in [2.24, 2.45) is 11.8 Å². The highest BCUT2D eigenvalue weighted by Gasteiger charge is 2.22. The molecule has 1 aliphatic rings. The molecule has 104 valence electrons. The van der Waals surface area contributed by atoms with Crippen LogP contribution in [-0.4, -0.2) is 12.5 Å². The van der Waals surface area contributed by atoms with Crippen LogP contribution in [0.5, 0.6) is 0 Å². The summed E-state index contributed by atoms with van der Waals surface area (Å²) in [5.74, 6) is 1.18. The molecule has 3 N–H and O–H groups in total. The zero-order chi connectivity index (χ0) is 13.8. The Labute approximate surface area is 119 Å². The monoisotopic (exact) mass is 280 g/mol. The third-order valence-corrected chi connectivity index (χ3v) is 4.31. The number of nitrogens with two attached hydrogens (primary N) is 1. The second-order valence-corrected chi connectivity index (χ2v) is 5.90. The Morgan fingerprint density at radius 3 is 2.84 bits per heavy atom. The minimum Gasteiger partial charge on any atom is -0.398 e. The van der Waals surface area contributed by atoms with Crippen LogP contribution in [0.3, 0.4) is 0 Å². The van der Waals surface area contributed by atoms with E-state index in [0.717, 1.165) is 6.54 Å². The number of hydrogen-bond acceptors (Lipinski definition) is 2. The molecule has 1 fully saturated rings. The van der Waals surface area contributed by atoms with Gasteiger partial charge >= 0.3 is 0 Å². The molecule has 3 nitrogen and oxygen atoms in total. The molecule has 0 spiro atoms. The molecule has 4 heteroatoms. The lowest BCUT2D eigenvalue weighted by atomic mass is 9.80. The molecule has 1 aliphatic carbocycles. The minimum absolute atomic E-state index is 0.105. The number of carbonyl (C=O) groups excluding carboxylic acids is 1. The Kier molecular flexibility index (Phi) is 4.70. The lowest BCUT2D eigenvalue weighted by Gasteiger charge is -2.28. The quantitative estimate of drug-likeness (QED) is 0.833.